The van der Waals surface area contributed by atoms with E-state index in [4.69, 9.17) is 5.11 Å². The Bertz CT molecular complexity index is 144. The van der Waals surface area contributed by atoms with Crippen LogP contribution >= 0.6 is 0 Å². The average molecular weight is 155 g/mol. The van der Waals surface area contributed by atoms with Crippen molar-refractivity contribution in [3.63, 3.8) is 0 Å². The van der Waals surface area contributed by atoms with Crippen molar-refractivity contribution >= 4 is 0 Å². The van der Waals surface area contributed by atoms with Crippen molar-refractivity contribution in [2.45, 2.75) is 31.8 Å². The number of hydrogen-bond acceptors (Lipinski definition) is 2. The largest absolute Gasteiger partial charge is 0.393 e. The van der Waals surface area contributed by atoms with Gasteiger partial charge in [0, 0.05) is 0 Å². The minimum Gasteiger partial charge on any atom is -0.393 e. The van der Waals surface area contributed by atoms with Gasteiger partial charge >= 0.3 is 0 Å². The standard InChI is InChI=1S/C9H17NO/c1-10-6-7-2-9(3-7)4-8(11)5-9/h7-8,10-11H,2-6H2,1H3. The molecule has 2 saturated carbocycles. The zero-order valence-corrected chi connectivity index (χ0v) is 7.14. The molecular formula is C9H17NO. The van der Waals surface area contributed by atoms with Crippen molar-refractivity contribution in [1.29, 1.82) is 0 Å². The zero-order valence-electron chi connectivity index (χ0n) is 7.14. The molecule has 0 amide bonds. The van der Waals surface area contributed by atoms with Crippen LogP contribution in [0.5, 0.6) is 0 Å². The van der Waals surface area contributed by atoms with Crippen molar-refractivity contribution < 1.29 is 5.11 Å². The fourth-order valence-corrected chi connectivity index (χ4v) is 2.87. The minimum absolute atomic E-state index is 0.0329. The second-order valence-electron chi connectivity index (χ2n) is 4.39. The maximum atomic E-state index is 9.15. The van der Waals surface area contributed by atoms with E-state index >= 15 is 0 Å². The molecule has 11 heavy (non-hydrogen) atoms. The smallest absolute Gasteiger partial charge is 0.0550 e. The summed E-state index contributed by atoms with van der Waals surface area (Å²) in [5.74, 6) is 0.896. The number of rotatable bonds is 2. The van der Waals surface area contributed by atoms with Gasteiger partial charge in [0.2, 0.25) is 0 Å². The monoisotopic (exact) mass is 155 g/mol. The lowest BCUT2D eigenvalue weighted by Crippen LogP contribution is -2.51. The second-order valence-corrected chi connectivity index (χ2v) is 4.39. The summed E-state index contributed by atoms with van der Waals surface area (Å²) in [6.45, 7) is 1.16. The van der Waals surface area contributed by atoms with Crippen LogP contribution < -0.4 is 5.32 Å². The molecule has 0 aromatic carbocycles. The summed E-state index contributed by atoms with van der Waals surface area (Å²) < 4.78 is 0. The first kappa shape index (κ1) is 7.56. The highest BCUT2D eigenvalue weighted by atomic mass is 16.3. The molecule has 1 spiro atoms. The molecule has 0 unspecified atom stereocenters. The van der Waals surface area contributed by atoms with E-state index in [1.165, 1.54) is 12.8 Å². The Morgan fingerprint density at radius 3 is 2.45 bits per heavy atom. The summed E-state index contributed by atoms with van der Waals surface area (Å²) in [4.78, 5) is 0. The molecule has 0 saturated heterocycles. The molecule has 0 bridgehead atoms. The third-order valence-corrected chi connectivity index (χ3v) is 3.27. The minimum atomic E-state index is 0.0329. The SMILES string of the molecule is CNCC1CC2(CC(O)C2)C1. The van der Waals surface area contributed by atoms with Gasteiger partial charge in [-0.3, -0.25) is 0 Å². The summed E-state index contributed by atoms with van der Waals surface area (Å²) >= 11 is 0. The van der Waals surface area contributed by atoms with Gasteiger partial charge in [0.05, 0.1) is 6.10 Å². The van der Waals surface area contributed by atoms with Gasteiger partial charge in [-0.05, 0) is 50.6 Å². The molecule has 2 rings (SSSR count). The lowest BCUT2D eigenvalue weighted by molar-refractivity contribution is -0.109. The summed E-state index contributed by atoms with van der Waals surface area (Å²) in [5.41, 5.74) is 0.598. The van der Waals surface area contributed by atoms with E-state index in [1.54, 1.807) is 0 Å². The Kier molecular flexibility index (Phi) is 1.69. The van der Waals surface area contributed by atoms with Crippen LogP contribution in [0.4, 0.5) is 0 Å². The average Bonchev–Trinajstić information content (AvgIpc) is 1.80. The number of nitrogens with one attached hydrogen (secondary N) is 1. The van der Waals surface area contributed by atoms with Crippen LogP contribution in [-0.2, 0) is 0 Å². The van der Waals surface area contributed by atoms with Crippen molar-refractivity contribution in [3.05, 3.63) is 0 Å². The molecule has 2 fully saturated rings. The van der Waals surface area contributed by atoms with Gasteiger partial charge in [0.15, 0.2) is 0 Å². The fourth-order valence-electron chi connectivity index (χ4n) is 2.87. The predicted octanol–water partition coefficient (Wildman–Crippen LogP) is 0.757. The molecule has 0 aliphatic heterocycles. The van der Waals surface area contributed by atoms with Crippen molar-refractivity contribution in [3.8, 4) is 0 Å². The Balaban J connectivity index is 1.72. The molecule has 0 atom stereocenters. The van der Waals surface area contributed by atoms with Crippen LogP contribution in [0.25, 0.3) is 0 Å². The number of aliphatic hydroxyl groups excluding tert-OH is 1. The lowest BCUT2D eigenvalue weighted by Gasteiger charge is -2.56. The van der Waals surface area contributed by atoms with Crippen LogP contribution in [0.1, 0.15) is 25.7 Å². The Morgan fingerprint density at radius 1 is 1.36 bits per heavy atom. The molecule has 2 aliphatic carbocycles. The number of hydrogen-bond donors (Lipinski definition) is 2. The Hall–Kier alpha value is -0.0800. The third-order valence-electron chi connectivity index (χ3n) is 3.27. The summed E-state index contributed by atoms with van der Waals surface area (Å²) in [5, 5.41) is 12.4. The van der Waals surface area contributed by atoms with E-state index < -0.39 is 0 Å². The van der Waals surface area contributed by atoms with Crippen molar-refractivity contribution in [2.24, 2.45) is 11.3 Å². The summed E-state index contributed by atoms with van der Waals surface area (Å²) in [7, 11) is 2.01. The molecule has 64 valence electrons. The predicted molar refractivity (Wildman–Crippen MR) is 44.3 cm³/mol. The van der Waals surface area contributed by atoms with E-state index in [0.29, 0.717) is 5.41 Å². The van der Waals surface area contributed by atoms with Gasteiger partial charge in [-0.15, -0.1) is 0 Å². The van der Waals surface area contributed by atoms with Crippen LogP contribution in [0, 0.1) is 11.3 Å². The van der Waals surface area contributed by atoms with Gasteiger partial charge in [-0.1, -0.05) is 0 Å². The highest BCUT2D eigenvalue weighted by Gasteiger charge is 2.51. The Labute approximate surface area is 68.0 Å². The third kappa shape index (κ3) is 1.18. The van der Waals surface area contributed by atoms with E-state index in [1.807, 2.05) is 7.05 Å². The van der Waals surface area contributed by atoms with E-state index in [9.17, 15) is 0 Å². The highest BCUT2D eigenvalue weighted by Crippen LogP contribution is 2.58. The van der Waals surface area contributed by atoms with Crippen molar-refractivity contribution in [2.75, 3.05) is 13.6 Å². The van der Waals surface area contributed by atoms with E-state index in [2.05, 4.69) is 5.32 Å². The first-order valence-corrected chi connectivity index (χ1v) is 4.57. The first-order chi connectivity index (χ1) is 5.24. The van der Waals surface area contributed by atoms with Gasteiger partial charge in [0.25, 0.3) is 0 Å². The molecule has 0 radical (unpaired) electrons. The molecule has 2 heteroatoms. The molecule has 2 N–H and O–H groups in total. The van der Waals surface area contributed by atoms with E-state index in [0.717, 1.165) is 25.3 Å². The van der Waals surface area contributed by atoms with Gasteiger partial charge in [-0.25, -0.2) is 0 Å². The van der Waals surface area contributed by atoms with Crippen LogP contribution in [0.3, 0.4) is 0 Å². The Morgan fingerprint density at radius 2 is 2.00 bits per heavy atom. The molecule has 2 aliphatic rings. The maximum absolute atomic E-state index is 9.15. The van der Waals surface area contributed by atoms with Crippen LogP contribution in [0.2, 0.25) is 0 Å². The van der Waals surface area contributed by atoms with Gasteiger partial charge < -0.3 is 10.4 Å². The van der Waals surface area contributed by atoms with Crippen LogP contribution in [-0.4, -0.2) is 24.8 Å². The quantitative estimate of drug-likeness (QED) is 0.617. The summed E-state index contributed by atoms with van der Waals surface area (Å²) in [6, 6.07) is 0. The highest BCUT2D eigenvalue weighted by molar-refractivity contribution is 5.03. The fraction of sp³-hybridized carbons (Fsp3) is 1.00. The molecule has 0 aromatic rings. The summed E-state index contributed by atoms with van der Waals surface area (Å²) in [6.07, 6.45) is 4.89. The molecule has 0 aromatic heterocycles. The zero-order chi connectivity index (χ0) is 7.90. The second kappa shape index (κ2) is 2.46. The molecule has 0 heterocycles. The molecule has 2 nitrogen and oxygen atoms in total. The van der Waals surface area contributed by atoms with Crippen molar-refractivity contribution in [1.82, 2.24) is 5.32 Å². The number of aliphatic hydroxyl groups is 1. The van der Waals surface area contributed by atoms with E-state index in [-0.39, 0.29) is 6.10 Å². The normalized spacial score (nSPS) is 48.5. The van der Waals surface area contributed by atoms with Crippen LogP contribution in [0.15, 0.2) is 0 Å². The van der Waals surface area contributed by atoms with Gasteiger partial charge in [0.1, 0.15) is 0 Å². The first-order valence-electron chi connectivity index (χ1n) is 4.57. The maximum Gasteiger partial charge on any atom is 0.0550 e. The van der Waals surface area contributed by atoms with Gasteiger partial charge in [-0.2, -0.15) is 0 Å². The topological polar surface area (TPSA) is 32.3 Å². The molecular weight excluding hydrogens is 138 g/mol. The lowest BCUT2D eigenvalue weighted by atomic mass is 9.51.